The van der Waals surface area contributed by atoms with E-state index in [1.54, 1.807) is 13.8 Å². The predicted molar refractivity (Wildman–Crippen MR) is 102 cm³/mol. The van der Waals surface area contributed by atoms with Crippen LogP contribution in [0.1, 0.15) is 36.3 Å². The van der Waals surface area contributed by atoms with Gasteiger partial charge >= 0.3 is 0 Å². The number of hydrogen-bond donors (Lipinski definition) is 1. The largest absolute Gasteiger partial charge is 0.322 e. The molecule has 0 bridgehead atoms. The van der Waals surface area contributed by atoms with E-state index in [4.69, 9.17) is 11.6 Å². The van der Waals surface area contributed by atoms with Crippen LogP contribution in [0, 0.1) is 37.1 Å². The van der Waals surface area contributed by atoms with Crippen LogP contribution >= 0.6 is 11.6 Å². The third kappa shape index (κ3) is 4.04. The van der Waals surface area contributed by atoms with Crippen molar-refractivity contribution in [2.24, 2.45) is 0 Å². The minimum absolute atomic E-state index is 0.259. The first-order chi connectivity index (χ1) is 14.1. The molecular formula is C19H18ClF4N5O. The second kappa shape index (κ2) is 8.47. The fourth-order valence-electron chi connectivity index (χ4n) is 3.07. The average molecular weight is 444 g/mol. The van der Waals surface area contributed by atoms with E-state index in [0.29, 0.717) is 22.8 Å². The summed E-state index contributed by atoms with van der Waals surface area (Å²) in [6.45, 7) is 4.81. The van der Waals surface area contributed by atoms with E-state index in [0.717, 1.165) is 4.68 Å². The zero-order valence-corrected chi connectivity index (χ0v) is 17.1. The van der Waals surface area contributed by atoms with Gasteiger partial charge in [-0.1, -0.05) is 18.5 Å². The Bertz CT molecular complexity index is 1110. The van der Waals surface area contributed by atoms with Crippen molar-refractivity contribution >= 4 is 23.2 Å². The van der Waals surface area contributed by atoms with Crippen LogP contribution in [-0.2, 0) is 11.3 Å². The number of halogens is 5. The summed E-state index contributed by atoms with van der Waals surface area (Å²) in [4.78, 5) is 12.7. The van der Waals surface area contributed by atoms with Gasteiger partial charge in [0, 0.05) is 17.8 Å². The van der Waals surface area contributed by atoms with Crippen LogP contribution in [0.25, 0.3) is 0 Å². The number of carbonyl (C=O) groups is 1. The van der Waals surface area contributed by atoms with E-state index in [-0.39, 0.29) is 17.7 Å². The molecular weight excluding hydrogens is 426 g/mol. The summed E-state index contributed by atoms with van der Waals surface area (Å²) in [5.74, 6) is -6.62. The molecule has 30 heavy (non-hydrogen) atoms. The molecule has 2 heterocycles. The van der Waals surface area contributed by atoms with E-state index in [9.17, 15) is 22.4 Å². The molecule has 0 aliphatic carbocycles. The highest BCUT2D eigenvalue weighted by molar-refractivity contribution is 6.31. The van der Waals surface area contributed by atoms with Gasteiger partial charge in [-0.2, -0.15) is 10.2 Å². The smallest absolute Gasteiger partial charge is 0.249 e. The molecule has 160 valence electrons. The molecule has 1 amide bonds. The summed E-state index contributed by atoms with van der Waals surface area (Å²) in [5, 5.41) is 11.3. The van der Waals surface area contributed by atoms with E-state index >= 15 is 0 Å². The lowest BCUT2D eigenvalue weighted by molar-refractivity contribution is -0.119. The number of nitrogens with zero attached hydrogens (tertiary/aromatic N) is 4. The minimum Gasteiger partial charge on any atom is -0.322 e. The van der Waals surface area contributed by atoms with Gasteiger partial charge < -0.3 is 5.32 Å². The summed E-state index contributed by atoms with van der Waals surface area (Å²) in [6.07, 6.45) is 3.02. The Kier molecular flexibility index (Phi) is 6.16. The molecule has 1 N–H and O–H groups in total. The highest BCUT2D eigenvalue weighted by Gasteiger charge is 2.24. The molecule has 0 radical (unpaired) electrons. The van der Waals surface area contributed by atoms with Gasteiger partial charge in [-0.05, 0) is 20.3 Å². The first kappa shape index (κ1) is 21.8. The number of anilines is 1. The Morgan fingerprint density at radius 1 is 1.20 bits per heavy atom. The summed E-state index contributed by atoms with van der Waals surface area (Å²) < 4.78 is 56.8. The van der Waals surface area contributed by atoms with Crippen molar-refractivity contribution < 1.29 is 22.4 Å². The fourth-order valence-corrected chi connectivity index (χ4v) is 3.19. The van der Waals surface area contributed by atoms with Crippen LogP contribution in [0.3, 0.4) is 0 Å². The summed E-state index contributed by atoms with van der Waals surface area (Å²) in [6, 6.07) is -0.369. The monoisotopic (exact) mass is 443 g/mol. The quantitative estimate of drug-likeness (QED) is 0.345. The lowest BCUT2D eigenvalue weighted by atomic mass is 10.2. The molecule has 1 aromatic carbocycles. The van der Waals surface area contributed by atoms with Crippen molar-refractivity contribution in [3.63, 3.8) is 0 Å². The topological polar surface area (TPSA) is 64.7 Å². The van der Waals surface area contributed by atoms with Gasteiger partial charge in [0.15, 0.2) is 17.5 Å². The second-order valence-electron chi connectivity index (χ2n) is 6.72. The third-order valence-electron chi connectivity index (χ3n) is 4.65. The Morgan fingerprint density at radius 3 is 2.50 bits per heavy atom. The van der Waals surface area contributed by atoms with Crippen LogP contribution in [0.2, 0.25) is 5.02 Å². The number of hydrogen-bond acceptors (Lipinski definition) is 3. The van der Waals surface area contributed by atoms with Crippen molar-refractivity contribution in [3.8, 4) is 0 Å². The van der Waals surface area contributed by atoms with Crippen LogP contribution in [0.5, 0.6) is 0 Å². The van der Waals surface area contributed by atoms with E-state index in [2.05, 4.69) is 15.5 Å². The molecule has 2 aromatic heterocycles. The maximum absolute atomic E-state index is 13.9. The van der Waals surface area contributed by atoms with Crippen LogP contribution < -0.4 is 5.32 Å². The Morgan fingerprint density at radius 2 is 1.90 bits per heavy atom. The SMILES string of the molecule is CCC(C(=O)Nc1cnn(Cc2c(F)cc(F)c(F)c2F)c1)n1nc(C)c(Cl)c1C. The molecule has 0 spiro atoms. The maximum Gasteiger partial charge on any atom is 0.249 e. The molecule has 3 aromatic rings. The molecule has 0 saturated carbocycles. The highest BCUT2D eigenvalue weighted by Crippen LogP contribution is 2.25. The molecule has 0 fully saturated rings. The number of nitrogens with one attached hydrogen (secondary N) is 1. The van der Waals surface area contributed by atoms with E-state index < -0.39 is 41.4 Å². The van der Waals surface area contributed by atoms with Crippen molar-refractivity contribution in [3.05, 3.63) is 63.7 Å². The molecule has 6 nitrogen and oxygen atoms in total. The van der Waals surface area contributed by atoms with Gasteiger partial charge in [0.05, 0.1) is 34.8 Å². The first-order valence-corrected chi connectivity index (χ1v) is 9.38. The van der Waals surface area contributed by atoms with Crippen molar-refractivity contribution in [2.75, 3.05) is 5.32 Å². The number of amides is 1. The van der Waals surface area contributed by atoms with Gasteiger partial charge in [-0.15, -0.1) is 0 Å². The molecule has 0 aliphatic heterocycles. The number of carbonyl (C=O) groups excluding carboxylic acids is 1. The number of aromatic nitrogens is 4. The zero-order chi connectivity index (χ0) is 22.2. The third-order valence-corrected chi connectivity index (χ3v) is 5.20. The molecule has 1 unspecified atom stereocenters. The Hall–Kier alpha value is -2.88. The summed E-state index contributed by atoms with van der Waals surface area (Å²) >= 11 is 6.15. The van der Waals surface area contributed by atoms with Gasteiger partial charge in [0.1, 0.15) is 11.9 Å². The van der Waals surface area contributed by atoms with E-state index in [1.165, 1.54) is 17.1 Å². The van der Waals surface area contributed by atoms with Gasteiger partial charge in [-0.3, -0.25) is 14.2 Å². The lowest BCUT2D eigenvalue weighted by Gasteiger charge is -2.16. The van der Waals surface area contributed by atoms with Crippen LogP contribution in [0.4, 0.5) is 23.2 Å². The van der Waals surface area contributed by atoms with Gasteiger partial charge in [0.2, 0.25) is 5.91 Å². The maximum atomic E-state index is 13.9. The van der Waals surface area contributed by atoms with Crippen LogP contribution in [-0.4, -0.2) is 25.5 Å². The standard InChI is InChI=1S/C19H18ClF4N5O/c1-4-15(29-10(3)16(20)9(2)27-29)19(30)26-11-6-25-28(7-11)8-12-13(21)5-14(22)18(24)17(12)23/h5-7,15H,4,8H2,1-3H3,(H,26,30). The number of benzene rings is 1. The molecule has 3 rings (SSSR count). The Labute approximate surface area is 174 Å². The van der Waals surface area contributed by atoms with Gasteiger partial charge in [0.25, 0.3) is 0 Å². The predicted octanol–water partition coefficient (Wildman–Crippen LogP) is 4.54. The highest BCUT2D eigenvalue weighted by atomic mass is 35.5. The summed E-state index contributed by atoms with van der Waals surface area (Å²) in [5.41, 5.74) is 0.827. The lowest BCUT2D eigenvalue weighted by Crippen LogP contribution is -2.27. The van der Waals surface area contributed by atoms with Crippen molar-refractivity contribution in [1.29, 1.82) is 0 Å². The molecule has 11 heteroatoms. The van der Waals surface area contributed by atoms with Crippen LogP contribution in [0.15, 0.2) is 18.5 Å². The van der Waals surface area contributed by atoms with Crippen molar-refractivity contribution in [1.82, 2.24) is 19.6 Å². The number of rotatable bonds is 6. The Balaban J connectivity index is 1.77. The fraction of sp³-hybridized carbons (Fsp3) is 0.316. The minimum atomic E-state index is -1.76. The van der Waals surface area contributed by atoms with Gasteiger partial charge in [-0.25, -0.2) is 17.6 Å². The van der Waals surface area contributed by atoms with E-state index in [1.807, 2.05) is 6.92 Å². The normalized spacial score (nSPS) is 12.3. The molecule has 1 atom stereocenters. The average Bonchev–Trinajstić information content (AvgIpc) is 3.24. The first-order valence-electron chi connectivity index (χ1n) is 9.00. The molecule has 0 saturated heterocycles. The number of aryl methyl sites for hydroxylation is 1. The summed E-state index contributed by atoms with van der Waals surface area (Å²) in [7, 11) is 0. The van der Waals surface area contributed by atoms with Crippen molar-refractivity contribution in [2.45, 2.75) is 39.8 Å². The zero-order valence-electron chi connectivity index (χ0n) is 16.3. The molecule has 0 aliphatic rings. The second-order valence-corrected chi connectivity index (χ2v) is 7.09.